The molecule has 0 bridgehead atoms. The van der Waals surface area contributed by atoms with E-state index >= 15 is 0 Å². The first-order chi connectivity index (χ1) is 14.2. The Labute approximate surface area is 169 Å². The van der Waals surface area contributed by atoms with Crippen LogP contribution in [0.2, 0.25) is 0 Å². The summed E-state index contributed by atoms with van der Waals surface area (Å²) in [6, 6.07) is 7.46. The second-order valence-electron chi connectivity index (χ2n) is 7.16. The van der Waals surface area contributed by atoms with E-state index in [4.69, 9.17) is 9.84 Å². The minimum absolute atomic E-state index is 0.00587. The van der Waals surface area contributed by atoms with Crippen LogP contribution in [0.4, 0.5) is 20.4 Å². The maximum absolute atomic E-state index is 13.3. The second-order valence-corrected chi connectivity index (χ2v) is 7.16. The van der Waals surface area contributed by atoms with Crippen LogP contribution in [0.15, 0.2) is 30.3 Å². The number of rotatable bonds is 6. The van der Waals surface area contributed by atoms with Gasteiger partial charge in [0.25, 0.3) is 0 Å². The Kier molecular flexibility index (Phi) is 4.86. The zero-order valence-electron chi connectivity index (χ0n) is 15.8. The summed E-state index contributed by atoms with van der Waals surface area (Å²) < 4.78 is 41.1. The molecule has 2 aliphatic rings. The first-order valence-electron chi connectivity index (χ1n) is 9.09. The van der Waals surface area contributed by atoms with E-state index in [1.54, 1.807) is 25.1 Å². The summed E-state index contributed by atoms with van der Waals surface area (Å²) in [6.07, 6.45) is -4.71. The maximum Gasteiger partial charge on any atom is 0.586 e. The number of ether oxygens (including phenoxy) is 3. The van der Waals surface area contributed by atoms with Gasteiger partial charge in [-0.1, -0.05) is 6.07 Å². The first kappa shape index (κ1) is 20.1. The SMILES string of the molecule is CC1(C(=O)Nc2cccc(NC[C@@H](O)CO)n2)COc2cc3c(cc21)OC(F)(F)O3. The Balaban J connectivity index is 1.52. The molecule has 0 fully saturated rings. The van der Waals surface area contributed by atoms with Crippen molar-refractivity contribution in [3.63, 3.8) is 0 Å². The monoisotopic (exact) mass is 423 g/mol. The molecular weight excluding hydrogens is 404 g/mol. The molecule has 0 aliphatic carbocycles. The van der Waals surface area contributed by atoms with Crippen molar-refractivity contribution in [3.05, 3.63) is 35.9 Å². The van der Waals surface area contributed by atoms with E-state index in [9.17, 15) is 18.7 Å². The predicted molar refractivity (Wildman–Crippen MR) is 99.9 cm³/mol. The highest BCUT2D eigenvalue weighted by Gasteiger charge is 2.48. The molecular formula is C19H19F2N3O6. The van der Waals surface area contributed by atoms with Crippen LogP contribution in [0.25, 0.3) is 0 Å². The minimum atomic E-state index is -3.77. The van der Waals surface area contributed by atoms with Crippen LogP contribution in [0.1, 0.15) is 12.5 Å². The lowest BCUT2D eigenvalue weighted by molar-refractivity contribution is -0.286. The van der Waals surface area contributed by atoms with Gasteiger partial charge in [-0.05, 0) is 25.1 Å². The third-order valence-corrected chi connectivity index (χ3v) is 4.84. The average molecular weight is 423 g/mol. The number of aromatic nitrogens is 1. The van der Waals surface area contributed by atoms with Crippen molar-refractivity contribution < 1.29 is 38.0 Å². The van der Waals surface area contributed by atoms with Crippen LogP contribution in [-0.2, 0) is 10.2 Å². The molecule has 11 heteroatoms. The standard InChI is InChI=1S/C19H19F2N3O6/c1-18(9-28-12-6-14-13(5-11(12)18)29-19(20,21)30-14)17(27)24-16-4-2-3-15(23-16)22-7-10(26)8-25/h2-6,10,25-26H,7-9H2,1H3,(H2,22,23,24,27)/t10-,18?/m1/s1. The number of hydrogen-bond acceptors (Lipinski definition) is 8. The molecule has 3 heterocycles. The molecule has 2 atom stereocenters. The van der Waals surface area contributed by atoms with Crippen LogP contribution in [0, 0.1) is 0 Å². The van der Waals surface area contributed by atoms with Gasteiger partial charge in [-0.2, -0.15) is 0 Å². The fourth-order valence-corrected chi connectivity index (χ4v) is 3.16. The van der Waals surface area contributed by atoms with Crippen molar-refractivity contribution >= 4 is 17.5 Å². The highest BCUT2D eigenvalue weighted by Crippen LogP contribution is 2.49. The van der Waals surface area contributed by atoms with Gasteiger partial charge in [0, 0.05) is 18.2 Å². The van der Waals surface area contributed by atoms with Crippen molar-refractivity contribution in [1.82, 2.24) is 4.98 Å². The summed E-state index contributed by atoms with van der Waals surface area (Å²) in [5.74, 6) is 0.106. The van der Waals surface area contributed by atoms with Crippen LogP contribution in [-0.4, -0.2) is 53.3 Å². The van der Waals surface area contributed by atoms with Crippen LogP contribution >= 0.6 is 0 Å². The summed E-state index contributed by atoms with van der Waals surface area (Å²) >= 11 is 0. The second kappa shape index (κ2) is 7.26. The number of alkyl halides is 2. The van der Waals surface area contributed by atoms with Crippen LogP contribution in [0.5, 0.6) is 17.2 Å². The van der Waals surface area contributed by atoms with E-state index in [-0.39, 0.29) is 36.2 Å². The number of anilines is 2. The number of carbonyl (C=O) groups is 1. The highest BCUT2D eigenvalue weighted by atomic mass is 19.3. The Hall–Kier alpha value is -3.18. The van der Waals surface area contributed by atoms with Gasteiger partial charge in [-0.25, -0.2) is 4.98 Å². The number of aliphatic hydroxyl groups is 2. The molecule has 0 saturated carbocycles. The number of amides is 1. The minimum Gasteiger partial charge on any atom is -0.492 e. The third-order valence-electron chi connectivity index (χ3n) is 4.84. The van der Waals surface area contributed by atoms with E-state index in [2.05, 4.69) is 25.1 Å². The van der Waals surface area contributed by atoms with Crippen molar-refractivity contribution in [2.24, 2.45) is 0 Å². The fourth-order valence-electron chi connectivity index (χ4n) is 3.16. The topological polar surface area (TPSA) is 122 Å². The zero-order valence-corrected chi connectivity index (χ0v) is 15.8. The number of hydrogen-bond donors (Lipinski definition) is 4. The molecule has 160 valence electrons. The molecule has 9 nitrogen and oxygen atoms in total. The molecule has 4 N–H and O–H groups in total. The number of aliphatic hydroxyl groups excluding tert-OH is 2. The molecule has 1 aromatic heterocycles. The molecule has 2 aromatic rings. The summed E-state index contributed by atoms with van der Waals surface area (Å²) in [6.45, 7) is 1.30. The van der Waals surface area contributed by atoms with Gasteiger partial charge in [0.15, 0.2) is 11.5 Å². The molecule has 30 heavy (non-hydrogen) atoms. The number of nitrogens with zero attached hydrogens (tertiary/aromatic N) is 1. The number of pyridine rings is 1. The smallest absolute Gasteiger partial charge is 0.492 e. The van der Waals surface area contributed by atoms with Gasteiger partial charge in [0.2, 0.25) is 5.91 Å². The molecule has 0 saturated heterocycles. The molecule has 1 unspecified atom stereocenters. The normalized spacial score (nSPS) is 21.5. The molecule has 1 aromatic carbocycles. The predicted octanol–water partition coefficient (Wildman–Crippen LogP) is 1.46. The van der Waals surface area contributed by atoms with E-state index in [0.29, 0.717) is 11.4 Å². The lowest BCUT2D eigenvalue weighted by Gasteiger charge is -2.21. The fraction of sp³-hybridized carbons (Fsp3) is 0.368. The van der Waals surface area contributed by atoms with Crippen molar-refractivity contribution in [1.29, 1.82) is 0 Å². The van der Waals surface area contributed by atoms with Gasteiger partial charge in [0.05, 0.1) is 12.7 Å². The maximum atomic E-state index is 13.3. The van der Waals surface area contributed by atoms with Crippen molar-refractivity contribution in [3.8, 4) is 17.2 Å². The number of fused-ring (bicyclic) bond motifs is 2. The summed E-state index contributed by atoms with van der Waals surface area (Å²) in [5.41, 5.74) is -0.788. The Bertz CT molecular complexity index is 989. The largest absolute Gasteiger partial charge is 0.586 e. The van der Waals surface area contributed by atoms with E-state index < -0.39 is 30.3 Å². The molecule has 0 radical (unpaired) electrons. The zero-order chi connectivity index (χ0) is 21.5. The number of carbonyl (C=O) groups excluding carboxylic acids is 1. The highest BCUT2D eigenvalue weighted by molar-refractivity contribution is 5.99. The lowest BCUT2D eigenvalue weighted by atomic mass is 9.83. The van der Waals surface area contributed by atoms with Crippen LogP contribution in [0.3, 0.4) is 0 Å². The van der Waals surface area contributed by atoms with Gasteiger partial charge in [0.1, 0.15) is 29.4 Å². The summed E-state index contributed by atoms with van der Waals surface area (Å²) in [7, 11) is 0. The van der Waals surface area contributed by atoms with Crippen molar-refractivity contribution in [2.75, 3.05) is 30.4 Å². The van der Waals surface area contributed by atoms with Gasteiger partial charge < -0.3 is 35.1 Å². The summed E-state index contributed by atoms with van der Waals surface area (Å²) in [5, 5.41) is 23.8. The number of halogens is 2. The lowest BCUT2D eigenvalue weighted by Crippen LogP contribution is -2.39. The van der Waals surface area contributed by atoms with Gasteiger partial charge >= 0.3 is 6.29 Å². The van der Waals surface area contributed by atoms with Gasteiger partial charge in [-0.3, -0.25) is 4.79 Å². The Morgan fingerprint density at radius 3 is 2.67 bits per heavy atom. The Morgan fingerprint density at radius 2 is 1.93 bits per heavy atom. The number of benzene rings is 1. The quantitative estimate of drug-likeness (QED) is 0.551. The number of nitrogens with one attached hydrogen (secondary N) is 2. The van der Waals surface area contributed by atoms with E-state index in [1.807, 2.05) is 0 Å². The molecule has 0 spiro atoms. The average Bonchev–Trinajstić information content (AvgIpc) is 3.19. The molecule has 4 rings (SSSR count). The van der Waals surface area contributed by atoms with Crippen molar-refractivity contribution in [2.45, 2.75) is 24.7 Å². The van der Waals surface area contributed by atoms with E-state index in [1.165, 1.54) is 12.1 Å². The molecule has 2 aliphatic heterocycles. The Morgan fingerprint density at radius 1 is 1.23 bits per heavy atom. The van der Waals surface area contributed by atoms with Gasteiger partial charge in [-0.15, -0.1) is 8.78 Å². The first-order valence-corrected chi connectivity index (χ1v) is 9.09. The third kappa shape index (κ3) is 3.68. The molecule has 1 amide bonds. The van der Waals surface area contributed by atoms with Crippen LogP contribution < -0.4 is 24.8 Å². The van der Waals surface area contributed by atoms with E-state index in [0.717, 1.165) is 0 Å². The summed E-state index contributed by atoms with van der Waals surface area (Å²) in [4.78, 5) is 17.2.